The third-order valence-corrected chi connectivity index (χ3v) is 12.1. The number of aromatic amines is 1. The Morgan fingerprint density at radius 3 is 1.68 bits per heavy atom. The van der Waals surface area contributed by atoms with Gasteiger partial charge in [0.2, 0.25) is 23.6 Å². The smallest absolute Gasteiger partial charge is 0.408 e. The summed E-state index contributed by atoms with van der Waals surface area (Å²) in [6.07, 6.45) is 8.08. The molecule has 3 aromatic rings. The normalized spacial score (nSPS) is 15.2. The van der Waals surface area contributed by atoms with Crippen LogP contribution in [0.3, 0.4) is 0 Å². The van der Waals surface area contributed by atoms with Gasteiger partial charge in [-0.3, -0.25) is 28.8 Å². The third-order valence-electron chi connectivity index (χ3n) is 12.1. The average molecular weight is 1070 g/mol. The number of unbranched alkanes of at least 4 members (excludes halogenated alkanes) is 1. The number of amides is 5. The van der Waals surface area contributed by atoms with Gasteiger partial charge >= 0.3 is 12.1 Å². The van der Waals surface area contributed by atoms with Gasteiger partial charge < -0.3 is 62.5 Å². The monoisotopic (exact) mass is 1060 g/mol. The summed E-state index contributed by atoms with van der Waals surface area (Å²) in [5, 5.41) is 51.2. The number of alkyl carbamates (subject to hydrolysis) is 1. The predicted molar refractivity (Wildman–Crippen MR) is 285 cm³/mol. The molecule has 21 heteroatoms. The fourth-order valence-corrected chi connectivity index (χ4v) is 8.69. The first kappa shape index (κ1) is 65.2. The molecular formula is C55H84N8O13. The van der Waals surface area contributed by atoms with E-state index in [2.05, 4.69) is 36.6 Å². The molecule has 5 amide bonds. The Hall–Kier alpha value is -6.87. The number of benzene rings is 2. The number of carboxylic acid groups (broad SMARTS) is 3. The van der Waals surface area contributed by atoms with E-state index in [4.69, 9.17) is 30.3 Å². The number of carbonyl (C=O) groups excluding carboxylic acids is 5. The quantitative estimate of drug-likeness (QED) is 0.0445. The molecule has 0 aliphatic heterocycles. The highest BCUT2D eigenvalue weighted by atomic mass is 16.6. The Balaban J connectivity index is 0.00000230. The Kier molecular flexibility index (Phi) is 29.7. The molecule has 0 bridgehead atoms. The first-order chi connectivity index (χ1) is 35.9. The van der Waals surface area contributed by atoms with Gasteiger partial charge in [0.05, 0.1) is 18.5 Å². The summed E-state index contributed by atoms with van der Waals surface area (Å²) in [6.45, 7) is 11.6. The number of aliphatic hydroxyl groups is 1. The molecule has 0 saturated heterocycles. The number of H-pyrrole nitrogens is 1. The zero-order chi connectivity index (χ0) is 56.8. The fourth-order valence-electron chi connectivity index (χ4n) is 8.69. The molecule has 1 fully saturated rings. The summed E-state index contributed by atoms with van der Waals surface area (Å²) in [6, 6.07) is 12.6. The molecule has 4 rings (SSSR count). The number of carboxylic acids is 3. The number of nitrogens with zero attached hydrogens (tertiary/aromatic N) is 1. The second-order valence-electron chi connectivity index (χ2n) is 20.7. The van der Waals surface area contributed by atoms with Crippen molar-refractivity contribution in [2.45, 2.75) is 180 Å². The zero-order valence-corrected chi connectivity index (χ0v) is 45.2. The van der Waals surface area contributed by atoms with Crippen LogP contribution >= 0.6 is 0 Å². The van der Waals surface area contributed by atoms with Crippen LogP contribution < -0.4 is 32.3 Å². The maximum atomic E-state index is 14.6. The average Bonchev–Trinajstić information content (AvgIpc) is 3.85. The van der Waals surface area contributed by atoms with Crippen molar-refractivity contribution in [3.8, 4) is 0 Å². The molecule has 76 heavy (non-hydrogen) atoms. The van der Waals surface area contributed by atoms with E-state index in [-0.39, 0.29) is 43.9 Å². The van der Waals surface area contributed by atoms with Crippen molar-refractivity contribution in [2.24, 2.45) is 23.5 Å². The molecule has 1 aliphatic rings. The number of hydrogen-bond acceptors (Lipinski definition) is 12. The van der Waals surface area contributed by atoms with Crippen molar-refractivity contribution in [1.82, 2.24) is 36.6 Å². The molecule has 21 nitrogen and oxygen atoms in total. The van der Waals surface area contributed by atoms with E-state index in [1.54, 1.807) is 51.2 Å². The van der Waals surface area contributed by atoms with Crippen molar-refractivity contribution >= 4 is 47.6 Å². The number of aliphatic carboxylic acids is 3. The van der Waals surface area contributed by atoms with Gasteiger partial charge in [0.15, 0.2) is 0 Å². The number of imidazole rings is 1. The zero-order valence-electron chi connectivity index (χ0n) is 45.2. The summed E-state index contributed by atoms with van der Waals surface area (Å²) in [7, 11) is 0. The van der Waals surface area contributed by atoms with Crippen LogP contribution in [-0.2, 0) is 57.6 Å². The topological polar surface area (TPSA) is 342 Å². The van der Waals surface area contributed by atoms with Crippen molar-refractivity contribution < 1.29 is 63.5 Å². The molecule has 12 N–H and O–H groups in total. The van der Waals surface area contributed by atoms with Crippen LogP contribution in [0.25, 0.3) is 0 Å². The minimum absolute atomic E-state index is 0.00300. The fraction of sp³-hybridized carbons (Fsp3) is 0.582. The Bertz CT molecular complexity index is 2200. The molecule has 7 atom stereocenters. The third kappa shape index (κ3) is 28.1. The number of ether oxygens (including phenoxy) is 1. The highest BCUT2D eigenvalue weighted by Crippen LogP contribution is 2.30. The summed E-state index contributed by atoms with van der Waals surface area (Å²) in [4.78, 5) is 107. The van der Waals surface area contributed by atoms with Crippen LogP contribution in [0.15, 0.2) is 73.2 Å². The number of nitrogens with two attached hydrogens (primary N) is 1. The van der Waals surface area contributed by atoms with Gasteiger partial charge in [-0.1, -0.05) is 107 Å². The number of carbonyl (C=O) groups is 8. The van der Waals surface area contributed by atoms with E-state index in [1.165, 1.54) is 6.33 Å². The van der Waals surface area contributed by atoms with E-state index in [9.17, 15) is 39.0 Å². The number of aliphatic hydroxyl groups excluding tert-OH is 1. The van der Waals surface area contributed by atoms with Crippen molar-refractivity contribution in [1.29, 1.82) is 0 Å². The molecular weight excluding hydrogens is 981 g/mol. The van der Waals surface area contributed by atoms with Crippen molar-refractivity contribution in [2.75, 3.05) is 6.54 Å². The summed E-state index contributed by atoms with van der Waals surface area (Å²) >= 11 is 0. The lowest BCUT2D eigenvalue weighted by atomic mass is 9.81. The van der Waals surface area contributed by atoms with Crippen LogP contribution in [0.1, 0.15) is 136 Å². The van der Waals surface area contributed by atoms with Crippen LogP contribution in [-0.4, -0.2) is 126 Å². The number of rotatable bonds is 27. The maximum absolute atomic E-state index is 14.6. The molecule has 422 valence electrons. The largest absolute Gasteiger partial charge is 0.481 e. The van der Waals surface area contributed by atoms with Crippen molar-refractivity contribution in [3.05, 3.63) is 90.0 Å². The van der Waals surface area contributed by atoms with Gasteiger partial charge in [-0.2, -0.15) is 0 Å². The first-order valence-electron chi connectivity index (χ1n) is 26.1. The molecule has 0 spiro atoms. The lowest BCUT2D eigenvalue weighted by Crippen LogP contribution is -2.58. The van der Waals surface area contributed by atoms with Gasteiger partial charge in [-0.15, -0.1) is 0 Å². The van der Waals surface area contributed by atoms with Crippen molar-refractivity contribution in [3.63, 3.8) is 0 Å². The summed E-state index contributed by atoms with van der Waals surface area (Å²) in [5.41, 5.74) is 6.99. The van der Waals surface area contributed by atoms with E-state index >= 15 is 0 Å². The van der Waals surface area contributed by atoms with Gasteiger partial charge in [0, 0.05) is 50.9 Å². The van der Waals surface area contributed by atoms with E-state index in [0.29, 0.717) is 37.9 Å². The van der Waals surface area contributed by atoms with Gasteiger partial charge in [-0.05, 0) is 88.8 Å². The minimum atomic E-state index is -1.24. The minimum Gasteiger partial charge on any atom is -0.481 e. The highest BCUT2D eigenvalue weighted by Gasteiger charge is 2.36. The SMILES string of the molecule is CC(=O)O.CC(=O)O.CC(C)C[C@H](C[C@H](O)[C@H](CC1CCCCC1)NC(=O)[C@H](Cc1cnc[nH]1)NC(=O)[C@H](Cc1ccccc1)NC(=O)OC(C)(C)C)C(=O)N[C@@H](CCCCN)C(=O)N[C@@H](Cc1ccccc1)C(=O)O. The molecule has 0 unspecified atom stereocenters. The van der Waals surface area contributed by atoms with Crippen LogP contribution in [0.5, 0.6) is 0 Å². The number of nitrogens with one attached hydrogen (secondary N) is 6. The van der Waals surface area contributed by atoms with E-state index < -0.39 is 95.5 Å². The number of hydrogen-bond donors (Lipinski definition) is 11. The van der Waals surface area contributed by atoms with Gasteiger partial charge in [0.25, 0.3) is 11.9 Å². The van der Waals surface area contributed by atoms with Crippen LogP contribution in [0.4, 0.5) is 4.79 Å². The van der Waals surface area contributed by atoms with Crippen LogP contribution in [0, 0.1) is 17.8 Å². The van der Waals surface area contributed by atoms with Gasteiger partial charge in [0.1, 0.15) is 29.8 Å². The summed E-state index contributed by atoms with van der Waals surface area (Å²) < 4.78 is 5.49. The Morgan fingerprint density at radius 2 is 1.18 bits per heavy atom. The van der Waals surface area contributed by atoms with E-state index in [1.807, 2.05) is 50.2 Å². The second kappa shape index (κ2) is 34.7. The first-order valence-corrected chi connectivity index (χ1v) is 26.1. The maximum Gasteiger partial charge on any atom is 0.408 e. The lowest BCUT2D eigenvalue weighted by Gasteiger charge is -2.33. The number of aromatic nitrogens is 2. The lowest BCUT2D eigenvalue weighted by molar-refractivity contribution is -0.142. The highest BCUT2D eigenvalue weighted by molar-refractivity contribution is 5.92. The van der Waals surface area contributed by atoms with Gasteiger partial charge in [-0.25, -0.2) is 14.6 Å². The molecule has 1 heterocycles. The molecule has 0 radical (unpaired) electrons. The second-order valence-corrected chi connectivity index (χ2v) is 20.7. The standard InChI is InChI=1S/C51H76N8O9.2C2H4O2/c1-33(2)25-37(45(61)55-39(23-15-16-24-52)46(62)58-43(49(65)66)28-36-21-13-8-14-22-36)29-44(60)40(26-34-17-9-6-10-18-34)56-48(64)42(30-38-31-53-32-54-38)57-47(63)41(27-35-19-11-7-12-20-35)59-50(67)68-51(3,4)5;2*1-2(3)4/h7-8,11-14,19-22,31-34,37,39-44,60H,6,9-10,15-18,23-30,52H2,1-5H3,(H,53,54)(H,55,61)(H,56,64)(H,57,63)(H,58,62)(H,59,67)(H,65,66);2*1H3,(H,3,4)/t37-,39+,40+,41+,42+,43+,44+;;/m1../s1. The van der Waals surface area contributed by atoms with Crippen LogP contribution in [0.2, 0.25) is 0 Å². The Labute approximate surface area is 446 Å². The Morgan fingerprint density at radius 1 is 0.684 bits per heavy atom. The molecule has 2 aromatic carbocycles. The molecule has 1 aliphatic carbocycles. The molecule has 1 saturated carbocycles. The predicted octanol–water partition coefficient (Wildman–Crippen LogP) is 5.05. The molecule has 1 aromatic heterocycles. The van der Waals surface area contributed by atoms with E-state index in [0.717, 1.165) is 57.1 Å². The summed E-state index contributed by atoms with van der Waals surface area (Å²) in [5.74, 6) is -5.80.